The maximum atomic E-state index is 12.2. The summed E-state index contributed by atoms with van der Waals surface area (Å²) in [5, 5.41) is 0. The number of esters is 1. The minimum atomic E-state index is -3.48. The Balaban J connectivity index is 1.97. The third kappa shape index (κ3) is 4.54. The van der Waals surface area contributed by atoms with Crippen molar-refractivity contribution in [3.63, 3.8) is 0 Å². The fourth-order valence-corrected chi connectivity index (χ4v) is 3.33. The van der Waals surface area contributed by atoms with E-state index >= 15 is 0 Å². The van der Waals surface area contributed by atoms with Gasteiger partial charge in [-0.05, 0) is 42.4 Å². The van der Waals surface area contributed by atoms with Gasteiger partial charge in [0, 0.05) is 6.54 Å². The van der Waals surface area contributed by atoms with Crippen molar-refractivity contribution in [2.45, 2.75) is 31.1 Å². The molecule has 0 aliphatic heterocycles. The SMILES string of the molecule is COC(=O)Cc1ccc(S(=O)(=O)NCC(C)C2CC2)cc1. The molecular weight excluding hydrogens is 290 g/mol. The maximum Gasteiger partial charge on any atom is 0.309 e. The third-order valence-electron chi connectivity index (χ3n) is 3.83. The van der Waals surface area contributed by atoms with Crippen molar-refractivity contribution in [2.24, 2.45) is 11.8 Å². The number of carbonyl (C=O) groups is 1. The van der Waals surface area contributed by atoms with Gasteiger partial charge in [0.25, 0.3) is 0 Å². The van der Waals surface area contributed by atoms with Crippen LogP contribution in [0.2, 0.25) is 0 Å². The molecule has 0 amide bonds. The van der Waals surface area contributed by atoms with Crippen LogP contribution in [-0.2, 0) is 26.0 Å². The second-order valence-corrected chi connectivity index (χ2v) is 7.33. The van der Waals surface area contributed by atoms with Gasteiger partial charge in [-0.25, -0.2) is 13.1 Å². The first-order valence-corrected chi connectivity index (χ1v) is 8.56. The first kappa shape index (κ1) is 16.0. The van der Waals surface area contributed by atoms with Crippen LogP contribution in [0.15, 0.2) is 29.2 Å². The number of rotatable bonds is 7. The van der Waals surface area contributed by atoms with E-state index in [2.05, 4.69) is 16.4 Å². The number of sulfonamides is 1. The zero-order valence-electron chi connectivity index (χ0n) is 12.3. The molecule has 1 N–H and O–H groups in total. The largest absolute Gasteiger partial charge is 0.469 e. The van der Waals surface area contributed by atoms with Gasteiger partial charge in [0.1, 0.15) is 0 Å². The van der Waals surface area contributed by atoms with Crippen LogP contribution < -0.4 is 4.72 Å². The van der Waals surface area contributed by atoms with Gasteiger partial charge >= 0.3 is 5.97 Å². The average molecular weight is 311 g/mol. The van der Waals surface area contributed by atoms with E-state index in [4.69, 9.17) is 0 Å². The van der Waals surface area contributed by atoms with Gasteiger partial charge < -0.3 is 4.74 Å². The van der Waals surface area contributed by atoms with Crippen molar-refractivity contribution in [2.75, 3.05) is 13.7 Å². The molecule has 116 valence electrons. The smallest absolute Gasteiger partial charge is 0.309 e. The van der Waals surface area contributed by atoms with Crippen LogP contribution >= 0.6 is 0 Å². The molecule has 1 aliphatic rings. The minimum absolute atomic E-state index is 0.142. The highest BCUT2D eigenvalue weighted by molar-refractivity contribution is 7.89. The summed E-state index contributed by atoms with van der Waals surface area (Å²) in [4.78, 5) is 11.4. The van der Waals surface area contributed by atoms with E-state index in [1.54, 1.807) is 12.1 Å². The van der Waals surface area contributed by atoms with Crippen LogP contribution in [0.5, 0.6) is 0 Å². The van der Waals surface area contributed by atoms with Crippen LogP contribution in [0.3, 0.4) is 0 Å². The molecule has 1 fully saturated rings. The van der Waals surface area contributed by atoms with Crippen molar-refractivity contribution in [3.05, 3.63) is 29.8 Å². The first-order valence-electron chi connectivity index (χ1n) is 7.08. The molecular formula is C15H21NO4S. The monoisotopic (exact) mass is 311 g/mol. The molecule has 5 nitrogen and oxygen atoms in total. The second-order valence-electron chi connectivity index (χ2n) is 5.56. The van der Waals surface area contributed by atoms with E-state index in [9.17, 15) is 13.2 Å². The highest BCUT2D eigenvalue weighted by Gasteiger charge is 2.28. The first-order chi connectivity index (χ1) is 9.92. The molecule has 1 atom stereocenters. The molecule has 6 heteroatoms. The van der Waals surface area contributed by atoms with Crippen molar-refractivity contribution in [1.82, 2.24) is 4.72 Å². The van der Waals surface area contributed by atoms with Crippen LogP contribution in [0.4, 0.5) is 0 Å². The summed E-state index contributed by atoms with van der Waals surface area (Å²) in [5.41, 5.74) is 0.729. The summed E-state index contributed by atoms with van der Waals surface area (Å²) < 4.78 is 31.6. The van der Waals surface area contributed by atoms with Crippen LogP contribution in [0.25, 0.3) is 0 Å². The number of hydrogen-bond donors (Lipinski definition) is 1. The fourth-order valence-electron chi connectivity index (χ4n) is 2.18. The molecule has 0 radical (unpaired) electrons. The lowest BCUT2D eigenvalue weighted by molar-refractivity contribution is -0.139. The summed E-state index contributed by atoms with van der Waals surface area (Å²) >= 11 is 0. The number of benzene rings is 1. The highest BCUT2D eigenvalue weighted by atomic mass is 32.2. The van der Waals surface area contributed by atoms with E-state index in [0.29, 0.717) is 18.4 Å². The van der Waals surface area contributed by atoms with Gasteiger partial charge in [0.2, 0.25) is 10.0 Å². The van der Waals surface area contributed by atoms with E-state index < -0.39 is 10.0 Å². The van der Waals surface area contributed by atoms with Crippen molar-refractivity contribution < 1.29 is 17.9 Å². The predicted molar refractivity (Wildman–Crippen MR) is 79.2 cm³/mol. The second kappa shape index (κ2) is 6.58. The van der Waals surface area contributed by atoms with Crippen molar-refractivity contribution >= 4 is 16.0 Å². The number of hydrogen-bond acceptors (Lipinski definition) is 4. The molecule has 0 saturated heterocycles. The zero-order valence-corrected chi connectivity index (χ0v) is 13.2. The van der Waals surface area contributed by atoms with E-state index in [1.165, 1.54) is 32.1 Å². The van der Waals surface area contributed by atoms with Crippen LogP contribution in [0.1, 0.15) is 25.3 Å². The molecule has 1 aromatic rings. The topological polar surface area (TPSA) is 72.5 Å². The van der Waals surface area contributed by atoms with E-state index in [1.807, 2.05) is 0 Å². The Morgan fingerprint density at radius 3 is 2.48 bits per heavy atom. The summed E-state index contributed by atoms with van der Waals surface area (Å²) in [6.07, 6.45) is 2.54. The Morgan fingerprint density at radius 1 is 1.33 bits per heavy atom. The van der Waals surface area contributed by atoms with Gasteiger partial charge in [0.05, 0.1) is 18.4 Å². The summed E-state index contributed by atoms with van der Waals surface area (Å²) in [7, 11) is -2.15. The summed E-state index contributed by atoms with van der Waals surface area (Å²) in [6.45, 7) is 2.54. The lowest BCUT2D eigenvalue weighted by atomic mass is 10.1. The Bertz CT molecular complexity index is 591. The number of methoxy groups -OCH3 is 1. The Labute approximate surface area is 125 Å². The van der Waals surface area contributed by atoms with Gasteiger partial charge in [-0.1, -0.05) is 19.1 Å². The minimum Gasteiger partial charge on any atom is -0.469 e. The molecule has 21 heavy (non-hydrogen) atoms. The third-order valence-corrected chi connectivity index (χ3v) is 5.27. The number of nitrogens with one attached hydrogen (secondary N) is 1. The molecule has 0 aromatic heterocycles. The van der Waals surface area contributed by atoms with Gasteiger partial charge in [0.15, 0.2) is 0 Å². The fraction of sp³-hybridized carbons (Fsp3) is 0.533. The molecule has 1 unspecified atom stereocenters. The molecule has 1 aliphatic carbocycles. The number of ether oxygens (including phenoxy) is 1. The average Bonchev–Trinajstić information content (AvgIpc) is 3.30. The molecule has 1 aromatic carbocycles. The Morgan fingerprint density at radius 2 is 1.95 bits per heavy atom. The highest BCUT2D eigenvalue weighted by Crippen LogP contribution is 2.36. The van der Waals surface area contributed by atoms with Gasteiger partial charge in [-0.15, -0.1) is 0 Å². The molecule has 0 bridgehead atoms. The van der Waals surface area contributed by atoms with Crippen LogP contribution in [0, 0.1) is 11.8 Å². The molecule has 2 rings (SSSR count). The Hall–Kier alpha value is -1.40. The maximum absolute atomic E-state index is 12.2. The van der Waals surface area contributed by atoms with Crippen LogP contribution in [-0.4, -0.2) is 28.0 Å². The molecule has 0 heterocycles. The van der Waals surface area contributed by atoms with E-state index in [-0.39, 0.29) is 17.3 Å². The predicted octanol–water partition coefficient (Wildman–Crippen LogP) is 1.73. The van der Waals surface area contributed by atoms with Gasteiger partial charge in [-0.2, -0.15) is 0 Å². The summed E-state index contributed by atoms with van der Waals surface area (Å²) in [6, 6.07) is 6.30. The molecule has 1 saturated carbocycles. The lowest BCUT2D eigenvalue weighted by Crippen LogP contribution is -2.29. The quantitative estimate of drug-likeness (QED) is 0.778. The van der Waals surface area contributed by atoms with Crippen molar-refractivity contribution in [1.29, 1.82) is 0 Å². The zero-order chi connectivity index (χ0) is 15.5. The lowest BCUT2D eigenvalue weighted by Gasteiger charge is -2.12. The molecule has 0 spiro atoms. The Kier molecular flexibility index (Phi) is 5.00. The summed E-state index contributed by atoms with van der Waals surface area (Å²) in [5.74, 6) is 0.690. The van der Waals surface area contributed by atoms with Crippen molar-refractivity contribution in [3.8, 4) is 0 Å². The van der Waals surface area contributed by atoms with Gasteiger partial charge in [-0.3, -0.25) is 4.79 Å². The number of carbonyl (C=O) groups excluding carboxylic acids is 1. The standard InChI is InChI=1S/C15H21NO4S/c1-11(13-5-6-13)10-16-21(18,19)14-7-3-12(4-8-14)9-15(17)20-2/h3-4,7-8,11,13,16H,5-6,9-10H2,1-2H3. The normalized spacial score (nSPS) is 16.5. The van der Waals surface area contributed by atoms with E-state index in [0.717, 1.165) is 5.56 Å².